The second-order valence-electron chi connectivity index (χ2n) is 6.32. The summed E-state index contributed by atoms with van der Waals surface area (Å²) in [4.78, 5) is 23.8. The van der Waals surface area contributed by atoms with E-state index in [4.69, 9.17) is 5.21 Å². The second kappa shape index (κ2) is 7.06. The number of hydroxylamine groups is 1. The molecule has 1 atom stereocenters. The topological polar surface area (TPSA) is 78.4 Å². The normalized spacial score (nSPS) is 21.3. The van der Waals surface area contributed by atoms with E-state index in [1.54, 1.807) is 11.6 Å². The molecular formula is C18H22N2O3. The number of benzene rings is 1. The smallest absolute Gasteiger partial charge is 0.267 e. The molecule has 0 spiro atoms. The molecule has 1 saturated carbocycles. The van der Waals surface area contributed by atoms with E-state index in [0.29, 0.717) is 12.3 Å². The first-order valence-corrected chi connectivity index (χ1v) is 8.21. The Kier molecular flexibility index (Phi) is 4.88. The van der Waals surface area contributed by atoms with Gasteiger partial charge in [0.15, 0.2) is 5.78 Å². The molecule has 23 heavy (non-hydrogen) atoms. The lowest BCUT2D eigenvalue weighted by molar-refractivity contribution is -0.126. The van der Waals surface area contributed by atoms with Crippen molar-refractivity contribution in [3.05, 3.63) is 41.0 Å². The minimum Gasteiger partial charge on any atom is -0.300 e. The number of hydrogen-bond donors (Lipinski definition) is 3. The fraction of sp³-hybridized carbons (Fsp3) is 0.444. The van der Waals surface area contributed by atoms with E-state index in [1.807, 2.05) is 18.2 Å². The van der Waals surface area contributed by atoms with Gasteiger partial charge in [-0.1, -0.05) is 37.5 Å². The van der Waals surface area contributed by atoms with Gasteiger partial charge in [-0.25, -0.2) is 5.48 Å². The van der Waals surface area contributed by atoms with Crippen LogP contribution >= 0.6 is 0 Å². The SMILES string of the molecule is O=C(C=Cc1ccc2c(c1)CNC2C(=O)C1CCCCC1)NO. The maximum Gasteiger partial charge on any atom is 0.267 e. The Bertz CT molecular complexity index is 633. The molecule has 0 radical (unpaired) electrons. The summed E-state index contributed by atoms with van der Waals surface area (Å²) in [7, 11) is 0. The third-order valence-electron chi connectivity index (χ3n) is 4.80. The van der Waals surface area contributed by atoms with E-state index >= 15 is 0 Å². The number of rotatable bonds is 4. The van der Waals surface area contributed by atoms with E-state index in [9.17, 15) is 9.59 Å². The molecule has 1 aliphatic carbocycles. The summed E-state index contributed by atoms with van der Waals surface area (Å²) in [5, 5.41) is 11.8. The van der Waals surface area contributed by atoms with Gasteiger partial charge in [-0.05, 0) is 35.6 Å². The van der Waals surface area contributed by atoms with Crippen LogP contribution in [0.15, 0.2) is 24.3 Å². The van der Waals surface area contributed by atoms with Gasteiger partial charge in [-0.15, -0.1) is 0 Å². The van der Waals surface area contributed by atoms with Crippen molar-refractivity contribution in [3.63, 3.8) is 0 Å². The van der Waals surface area contributed by atoms with Crippen molar-refractivity contribution in [1.82, 2.24) is 10.8 Å². The zero-order valence-electron chi connectivity index (χ0n) is 13.0. The highest BCUT2D eigenvalue weighted by Gasteiger charge is 2.33. The van der Waals surface area contributed by atoms with Crippen LogP contribution in [0.2, 0.25) is 0 Å². The number of carbonyl (C=O) groups excluding carboxylic acids is 2. The van der Waals surface area contributed by atoms with E-state index < -0.39 is 5.91 Å². The molecule has 3 rings (SSSR count). The van der Waals surface area contributed by atoms with Gasteiger partial charge >= 0.3 is 0 Å². The van der Waals surface area contributed by atoms with Crippen molar-refractivity contribution >= 4 is 17.8 Å². The quantitative estimate of drug-likeness (QED) is 0.453. The van der Waals surface area contributed by atoms with Crippen LogP contribution in [-0.2, 0) is 16.1 Å². The van der Waals surface area contributed by atoms with E-state index in [2.05, 4.69) is 5.32 Å². The number of Topliss-reactive ketones (excluding diaryl/α,β-unsaturated/α-hetero) is 1. The lowest BCUT2D eigenvalue weighted by Crippen LogP contribution is -2.29. The first-order valence-electron chi connectivity index (χ1n) is 8.21. The summed E-state index contributed by atoms with van der Waals surface area (Å²) in [5.41, 5.74) is 4.60. The summed E-state index contributed by atoms with van der Waals surface area (Å²) in [6.07, 6.45) is 8.51. The number of nitrogens with one attached hydrogen (secondary N) is 2. The van der Waals surface area contributed by atoms with Crippen molar-refractivity contribution in [2.45, 2.75) is 44.7 Å². The third kappa shape index (κ3) is 3.51. The highest BCUT2D eigenvalue weighted by Crippen LogP contribution is 2.33. The van der Waals surface area contributed by atoms with Gasteiger partial charge in [0.1, 0.15) is 0 Å². The maximum atomic E-state index is 12.7. The molecule has 0 aromatic heterocycles. The Hall–Kier alpha value is -1.98. The van der Waals surface area contributed by atoms with Gasteiger partial charge in [-0.3, -0.25) is 20.1 Å². The van der Waals surface area contributed by atoms with Crippen LogP contribution in [0.5, 0.6) is 0 Å². The van der Waals surface area contributed by atoms with Gasteiger partial charge < -0.3 is 0 Å². The van der Waals surface area contributed by atoms with Crippen molar-refractivity contribution < 1.29 is 14.8 Å². The lowest BCUT2D eigenvalue weighted by Gasteiger charge is -2.23. The molecule has 5 nitrogen and oxygen atoms in total. The van der Waals surface area contributed by atoms with Crippen LogP contribution in [0.25, 0.3) is 6.08 Å². The van der Waals surface area contributed by atoms with Gasteiger partial charge in [0.2, 0.25) is 0 Å². The Labute approximate surface area is 135 Å². The molecule has 1 amide bonds. The predicted molar refractivity (Wildman–Crippen MR) is 86.6 cm³/mol. The molecule has 1 heterocycles. The minimum atomic E-state index is -0.561. The van der Waals surface area contributed by atoms with Gasteiger partial charge in [0, 0.05) is 18.5 Å². The molecule has 1 fully saturated rings. The molecule has 0 saturated heterocycles. The van der Waals surface area contributed by atoms with Crippen molar-refractivity contribution in [2.75, 3.05) is 0 Å². The molecule has 122 valence electrons. The average molecular weight is 314 g/mol. The molecule has 3 N–H and O–H groups in total. The molecule has 5 heteroatoms. The molecule has 1 aliphatic heterocycles. The second-order valence-corrected chi connectivity index (χ2v) is 6.32. The van der Waals surface area contributed by atoms with Crippen LogP contribution < -0.4 is 10.8 Å². The Morgan fingerprint density at radius 1 is 1.22 bits per heavy atom. The monoisotopic (exact) mass is 314 g/mol. The molecule has 1 aromatic rings. The first-order chi connectivity index (χ1) is 11.2. The minimum absolute atomic E-state index is 0.188. The molecule has 1 aromatic carbocycles. The zero-order valence-corrected chi connectivity index (χ0v) is 13.0. The van der Waals surface area contributed by atoms with Crippen LogP contribution in [0.4, 0.5) is 0 Å². The van der Waals surface area contributed by atoms with Crippen LogP contribution in [0.1, 0.15) is 54.8 Å². The summed E-state index contributed by atoms with van der Waals surface area (Å²) in [6, 6.07) is 5.66. The largest absolute Gasteiger partial charge is 0.300 e. The first kappa shape index (κ1) is 15.9. The maximum absolute atomic E-state index is 12.7. The number of amides is 1. The van der Waals surface area contributed by atoms with E-state index in [-0.39, 0.29) is 12.0 Å². The molecule has 2 aliphatic rings. The van der Waals surface area contributed by atoms with E-state index in [1.165, 1.54) is 12.5 Å². The highest BCUT2D eigenvalue weighted by molar-refractivity contribution is 5.91. The summed E-state index contributed by atoms with van der Waals surface area (Å²) >= 11 is 0. The number of carbonyl (C=O) groups is 2. The van der Waals surface area contributed by atoms with Crippen molar-refractivity contribution in [2.24, 2.45) is 5.92 Å². The van der Waals surface area contributed by atoms with Crippen LogP contribution in [0.3, 0.4) is 0 Å². The number of hydrogen-bond acceptors (Lipinski definition) is 4. The van der Waals surface area contributed by atoms with Crippen molar-refractivity contribution in [3.8, 4) is 0 Å². The molecule has 0 bridgehead atoms. The summed E-state index contributed by atoms with van der Waals surface area (Å²) in [5.74, 6) is -0.0413. The highest BCUT2D eigenvalue weighted by atomic mass is 16.5. The Balaban J connectivity index is 1.74. The summed E-state index contributed by atoms with van der Waals surface area (Å²) < 4.78 is 0. The van der Waals surface area contributed by atoms with Gasteiger partial charge in [0.25, 0.3) is 5.91 Å². The lowest BCUT2D eigenvalue weighted by atomic mass is 9.82. The van der Waals surface area contributed by atoms with Crippen LogP contribution in [0, 0.1) is 5.92 Å². The third-order valence-corrected chi connectivity index (χ3v) is 4.80. The van der Waals surface area contributed by atoms with Crippen LogP contribution in [-0.4, -0.2) is 16.9 Å². The molecule has 1 unspecified atom stereocenters. The number of fused-ring (bicyclic) bond motifs is 1. The summed E-state index contributed by atoms with van der Waals surface area (Å²) in [6.45, 7) is 0.673. The van der Waals surface area contributed by atoms with E-state index in [0.717, 1.165) is 42.4 Å². The van der Waals surface area contributed by atoms with Crippen molar-refractivity contribution in [1.29, 1.82) is 0 Å². The fourth-order valence-electron chi connectivity index (χ4n) is 3.57. The van der Waals surface area contributed by atoms with Gasteiger partial charge in [-0.2, -0.15) is 0 Å². The molecular weight excluding hydrogens is 292 g/mol. The Morgan fingerprint density at radius 3 is 2.74 bits per heavy atom. The number of ketones is 1. The average Bonchev–Trinajstić information content (AvgIpc) is 3.02. The predicted octanol–water partition coefficient (Wildman–Crippen LogP) is 2.50. The van der Waals surface area contributed by atoms with Gasteiger partial charge in [0.05, 0.1) is 6.04 Å². The zero-order chi connectivity index (χ0) is 16.2. The Morgan fingerprint density at radius 2 is 2.00 bits per heavy atom. The fourth-order valence-corrected chi connectivity index (χ4v) is 3.57. The standard InChI is InChI=1S/C18H22N2O3/c21-16(20-23)9-7-12-6-8-15-14(10-12)11-19-17(15)18(22)13-4-2-1-3-5-13/h6-10,13,17,19,23H,1-5,11H2,(H,20,21).